The number of hydrogen-bond acceptors (Lipinski definition) is 4. The second-order valence-corrected chi connectivity index (χ2v) is 4.95. The molecule has 1 saturated heterocycles. The number of pyridine rings is 1. The van der Waals surface area contributed by atoms with Gasteiger partial charge in [-0.15, -0.1) is 0 Å². The van der Waals surface area contributed by atoms with Gasteiger partial charge < -0.3 is 9.72 Å². The van der Waals surface area contributed by atoms with Crippen molar-refractivity contribution in [3.63, 3.8) is 0 Å². The zero-order valence-electron chi connectivity index (χ0n) is 11.1. The molecule has 5 nitrogen and oxygen atoms in total. The summed E-state index contributed by atoms with van der Waals surface area (Å²) in [7, 11) is 0. The van der Waals surface area contributed by atoms with E-state index in [1.165, 1.54) is 0 Å². The van der Waals surface area contributed by atoms with Gasteiger partial charge in [-0.3, -0.25) is 4.90 Å². The van der Waals surface area contributed by atoms with Crippen molar-refractivity contribution < 1.29 is 0 Å². The maximum absolute atomic E-state index is 9.40. The molecule has 0 radical (unpaired) electrons. The molecule has 20 heavy (non-hydrogen) atoms. The third kappa shape index (κ3) is 2.14. The lowest BCUT2D eigenvalue weighted by atomic mass is 10.1. The van der Waals surface area contributed by atoms with Gasteiger partial charge in [-0.2, -0.15) is 10.5 Å². The van der Waals surface area contributed by atoms with Crippen LogP contribution in [0.1, 0.15) is 11.1 Å². The highest BCUT2D eigenvalue weighted by Crippen LogP contribution is 2.20. The monoisotopic (exact) mass is 265 g/mol. The Labute approximate surface area is 117 Å². The summed E-state index contributed by atoms with van der Waals surface area (Å²) in [5.41, 5.74) is 2.62. The van der Waals surface area contributed by atoms with Crippen LogP contribution in [0.4, 0.5) is 0 Å². The second kappa shape index (κ2) is 5.34. The highest BCUT2D eigenvalue weighted by molar-refractivity contribution is 5.65. The Morgan fingerprint density at radius 2 is 2.25 bits per heavy atom. The van der Waals surface area contributed by atoms with E-state index in [0.717, 1.165) is 24.2 Å². The minimum Gasteiger partial charge on any atom is -0.322 e. The van der Waals surface area contributed by atoms with Crippen molar-refractivity contribution in [2.45, 2.75) is 12.6 Å². The number of fused-ring (bicyclic) bond motifs is 1. The lowest BCUT2D eigenvalue weighted by molar-refractivity contribution is 0.189. The number of rotatable bonds is 2. The van der Waals surface area contributed by atoms with Gasteiger partial charge >= 0.3 is 0 Å². The van der Waals surface area contributed by atoms with E-state index in [9.17, 15) is 10.5 Å². The van der Waals surface area contributed by atoms with Crippen LogP contribution in [0.3, 0.4) is 0 Å². The van der Waals surface area contributed by atoms with E-state index in [2.05, 4.69) is 22.4 Å². The number of piperazine rings is 1. The van der Waals surface area contributed by atoms with Gasteiger partial charge in [0.1, 0.15) is 12.1 Å². The van der Waals surface area contributed by atoms with Gasteiger partial charge in [0.05, 0.1) is 17.1 Å². The maximum atomic E-state index is 9.40. The first-order valence-corrected chi connectivity index (χ1v) is 6.66. The predicted molar refractivity (Wildman–Crippen MR) is 74.8 cm³/mol. The highest BCUT2D eigenvalue weighted by atomic mass is 15.2. The number of nitriles is 2. The summed E-state index contributed by atoms with van der Waals surface area (Å²) in [6.45, 7) is 3.04. The zero-order chi connectivity index (χ0) is 13.9. The molecule has 1 fully saturated rings. The first-order valence-electron chi connectivity index (χ1n) is 6.66. The predicted octanol–water partition coefficient (Wildman–Crippen LogP) is 1.11. The summed E-state index contributed by atoms with van der Waals surface area (Å²) < 4.78 is 1.97. The summed E-state index contributed by atoms with van der Waals surface area (Å²) in [6, 6.07) is 10.3. The molecule has 0 spiro atoms. The minimum absolute atomic E-state index is 0.127. The minimum atomic E-state index is -0.127. The van der Waals surface area contributed by atoms with Gasteiger partial charge in [-0.1, -0.05) is 6.07 Å². The van der Waals surface area contributed by atoms with Gasteiger partial charge in [-0.25, -0.2) is 0 Å². The average Bonchev–Trinajstić information content (AvgIpc) is 2.85. The smallest absolute Gasteiger partial charge is 0.111 e. The van der Waals surface area contributed by atoms with E-state index < -0.39 is 0 Å². The van der Waals surface area contributed by atoms with Gasteiger partial charge in [-0.05, 0) is 12.1 Å². The summed E-state index contributed by atoms with van der Waals surface area (Å²) >= 11 is 0. The molecule has 0 aromatic carbocycles. The number of nitrogens with one attached hydrogen (secondary N) is 1. The topological polar surface area (TPSA) is 67.3 Å². The fourth-order valence-electron chi connectivity index (χ4n) is 2.71. The Morgan fingerprint density at radius 1 is 1.35 bits per heavy atom. The molecule has 1 N–H and O–H groups in total. The maximum Gasteiger partial charge on any atom is 0.111 e. The number of nitrogens with zero attached hydrogens (tertiary/aromatic N) is 4. The molecule has 0 bridgehead atoms. The van der Waals surface area contributed by atoms with Crippen LogP contribution in [0, 0.1) is 22.7 Å². The first kappa shape index (κ1) is 12.7. The molecule has 0 aliphatic carbocycles. The highest BCUT2D eigenvalue weighted by Gasteiger charge is 2.23. The second-order valence-electron chi connectivity index (χ2n) is 4.95. The summed E-state index contributed by atoms with van der Waals surface area (Å²) in [4.78, 5) is 2.13. The zero-order valence-corrected chi connectivity index (χ0v) is 11.1. The van der Waals surface area contributed by atoms with E-state index in [0.29, 0.717) is 18.7 Å². The van der Waals surface area contributed by atoms with Crippen molar-refractivity contribution in [1.29, 1.82) is 10.5 Å². The van der Waals surface area contributed by atoms with Gasteiger partial charge in [0, 0.05) is 44.1 Å². The van der Waals surface area contributed by atoms with Crippen molar-refractivity contribution in [3.8, 4) is 12.1 Å². The molecule has 1 aliphatic heterocycles. The molecule has 0 saturated carbocycles. The Hall–Kier alpha value is -2.34. The van der Waals surface area contributed by atoms with Crippen LogP contribution in [0.2, 0.25) is 0 Å². The molecule has 3 rings (SSSR count). The van der Waals surface area contributed by atoms with E-state index in [1.54, 1.807) is 0 Å². The van der Waals surface area contributed by atoms with Crippen molar-refractivity contribution in [3.05, 3.63) is 41.7 Å². The molecular weight excluding hydrogens is 250 g/mol. The number of hydrogen-bond donors (Lipinski definition) is 1. The number of aromatic nitrogens is 1. The normalized spacial score (nSPS) is 19.6. The van der Waals surface area contributed by atoms with Crippen LogP contribution >= 0.6 is 0 Å². The summed E-state index contributed by atoms with van der Waals surface area (Å²) in [5, 5.41) is 21.8. The SMILES string of the molecule is N#Cc1c(CN2CCNCC2C#N)cn2ccccc12. The molecule has 5 heteroatoms. The average molecular weight is 265 g/mol. The Balaban J connectivity index is 1.94. The molecular formula is C15H15N5. The summed E-state index contributed by atoms with van der Waals surface area (Å²) in [6.07, 6.45) is 3.93. The molecule has 3 heterocycles. The quantitative estimate of drug-likeness (QED) is 0.883. The fraction of sp³-hybridized carbons (Fsp3) is 0.333. The van der Waals surface area contributed by atoms with Crippen molar-refractivity contribution in [2.75, 3.05) is 19.6 Å². The molecule has 100 valence electrons. The molecule has 1 unspecified atom stereocenters. The van der Waals surface area contributed by atoms with E-state index >= 15 is 0 Å². The Kier molecular flexibility index (Phi) is 3.39. The van der Waals surface area contributed by atoms with Gasteiger partial charge in [0.15, 0.2) is 0 Å². The van der Waals surface area contributed by atoms with Crippen molar-refractivity contribution >= 4 is 5.52 Å². The van der Waals surface area contributed by atoms with Crippen molar-refractivity contribution in [1.82, 2.24) is 14.6 Å². The largest absolute Gasteiger partial charge is 0.322 e. The van der Waals surface area contributed by atoms with Crippen LogP contribution in [-0.4, -0.2) is 35.0 Å². The molecule has 2 aromatic heterocycles. The van der Waals surface area contributed by atoms with Crippen LogP contribution in [0.5, 0.6) is 0 Å². The van der Waals surface area contributed by atoms with Crippen LogP contribution < -0.4 is 5.32 Å². The standard InChI is InChI=1S/C15H15N5/c16-7-13-9-18-4-6-19(13)10-12-11-20-5-2-1-3-15(20)14(12)8-17/h1-3,5,11,13,18H,4,6,9-10H2. The Bertz CT molecular complexity index is 703. The fourth-order valence-corrected chi connectivity index (χ4v) is 2.71. The molecule has 2 aromatic rings. The van der Waals surface area contributed by atoms with E-state index in [4.69, 9.17) is 0 Å². The Morgan fingerprint density at radius 3 is 3.05 bits per heavy atom. The first-order chi connectivity index (χ1) is 9.83. The molecule has 0 amide bonds. The molecule has 1 aliphatic rings. The third-order valence-corrected chi connectivity index (χ3v) is 3.75. The van der Waals surface area contributed by atoms with E-state index in [-0.39, 0.29) is 6.04 Å². The molecule has 1 atom stereocenters. The lowest BCUT2D eigenvalue weighted by Crippen LogP contribution is -2.50. The van der Waals surface area contributed by atoms with E-state index in [1.807, 2.05) is 35.0 Å². The van der Waals surface area contributed by atoms with Crippen molar-refractivity contribution in [2.24, 2.45) is 0 Å². The lowest BCUT2D eigenvalue weighted by Gasteiger charge is -2.31. The van der Waals surface area contributed by atoms with Crippen LogP contribution in [0.25, 0.3) is 5.52 Å². The summed E-state index contributed by atoms with van der Waals surface area (Å²) in [5.74, 6) is 0. The van der Waals surface area contributed by atoms with Gasteiger partial charge in [0.25, 0.3) is 0 Å². The van der Waals surface area contributed by atoms with Crippen LogP contribution in [-0.2, 0) is 6.54 Å². The van der Waals surface area contributed by atoms with Gasteiger partial charge in [0.2, 0.25) is 0 Å². The van der Waals surface area contributed by atoms with Crippen LogP contribution in [0.15, 0.2) is 30.6 Å². The third-order valence-electron chi connectivity index (χ3n) is 3.75.